The van der Waals surface area contributed by atoms with Crippen LogP contribution < -0.4 is 4.74 Å². The quantitative estimate of drug-likeness (QED) is 0.436. The van der Waals surface area contributed by atoms with E-state index in [1.165, 1.54) is 12.1 Å². The molecular weight excluding hydrogens is 426 g/mol. The molecule has 0 saturated carbocycles. The monoisotopic (exact) mass is 442 g/mol. The number of alkyl halides is 6. The van der Waals surface area contributed by atoms with E-state index in [2.05, 4.69) is 4.18 Å². The van der Waals surface area contributed by atoms with E-state index < -0.39 is 46.3 Å². The Labute approximate surface area is 163 Å². The lowest BCUT2D eigenvalue weighted by molar-refractivity contribution is -0.138. The lowest BCUT2D eigenvalue weighted by atomic mass is 10.0. The summed E-state index contributed by atoms with van der Waals surface area (Å²) < 4.78 is 110. The van der Waals surface area contributed by atoms with Crippen LogP contribution >= 0.6 is 0 Å². The second-order valence-corrected chi connectivity index (χ2v) is 7.71. The third kappa shape index (κ3) is 7.24. The fourth-order valence-electron chi connectivity index (χ4n) is 2.43. The van der Waals surface area contributed by atoms with Gasteiger partial charge in [0, 0.05) is 6.42 Å². The Bertz CT molecular complexity index is 938. The lowest BCUT2D eigenvalue weighted by Crippen LogP contribution is -2.15. The number of hydrogen-bond acceptors (Lipinski definition) is 4. The van der Waals surface area contributed by atoms with E-state index in [1.54, 1.807) is 0 Å². The summed E-state index contributed by atoms with van der Waals surface area (Å²) in [5, 5.41) is 0. The first kappa shape index (κ1) is 23.0. The van der Waals surface area contributed by atoms with E-state index in [0.717, 1.165) is 36.6 Å². The van der Waals surface area contributed by atoms with Crippen LogP contribution in [0.1, 0.15) is 29.2 Å². The molecule has 29 heavy (non-hydrogen) atoms. The maximum Gasteiger partial charge on any atom is 0.416 e. The molecule has 0 aliphatic rings. The number of halogens is 6. The van der Waals surface area contributed by atoms with E-state index in [4.69, 9.17) is 4.74 Å². The third-order valence-corrected chi connectivity index (χ3v) is 4.30. The molecule has 11 heteroatoms. The minimum atomic E-state index is -4.64. The Balaban J connectivity index is 2.33. The number of benzene rings is 2. The minimum Gasteiger partial charge on any atom is -0.486 e. The van der Waals surface area contributed by atoms with Crippen molar-refractivity contribution in [2.75, 3.05) is 12.9 Å². The Hall–Kier alpha value is -2.27. The van der Waals surface area contributed by atoms with Gasteiger partial charge in [0.05, 0.1) is 24.0 Å². The highest BCUT2D eigenvalue weighted by Gasteiger charge is 2.32. The van der Waals surface area contributed by atoms with Gasteiger partial charge in [-0.2, -0.15) is 34.8 Å². The van der Waals surface area contributed by atoms with E-state index in [1.807, 2.05) is 0 Å². The standard InChI is InChI=1S/C18H16F6O4S/c1-29(25,26)27-9-8-16(12-4-2-5-13(10-12)17(19,20)21)28-15-7-3-6-14(11-15)18(22,23)24/h2-7,10-11,16H,8-9H2,1H3. The van der Waals surface area contributed by atoms with Crippen LogP contribution in [-0.2, 0) is 26.7 Å². The molecule has 2 aromatic carbocycles. The van der Waals surface area contributed by atoms with E-state index in [9.17, 15) is 34.8 Å². The molecule has 2 aromatic rings. The van der Waals surface area contributed by atoms with Gasteiger partial charge in [-0.25, -0.2) is 0 Å². The summed E-state index contributed by atoms with van der Waals surface area (Å²) >= 11 is 0. The van der Waals surface area contributed by atoms with Crippen LogP contribution in [0.4, 0.5) is 26.3 Å². The number of ether oxygens (including phenoxy) is 1. The highest BCUT2D eigenvalue weighted by Crippen LogP contribution is 2.35. The zero-order valence-corrected chi connectivity index (χ0v) is 15.7. The summed E-state index contributed by atoms with van der Waals surface area (Å²) in [4.78, 5) is 0. The van der Waals surface area contributed by atoms with Crippen molar-refractivity contribution in [2.24, 2.45) is 0 Å². The van der Waals surface area contributed by atoms with Crippen molar-refractivity contribution in [1.29, 1.82) is 0 Å². The zero-order chi connectivity index (χ0) is 21.9. The summed E-state index contributed by atoms with van der Waals surface area (Å²) in [5.74, 6) is -0.235. The van der Waals surface area contributed by atoms with Gasteiger partial charge in [-0.05, 0) is 35.9 Å². The smallest absolute Gasteiger partial charge is 0.416 e. The topological polar surface area (TPSA) is 52.6 Å². The Morgan fingerprint density at radius 3 is 2.00 bits per heavy atom. The fourth-order valence-corrected chi connectivity index (χ4v) is 2.82. The summed E-state index contributed by atoms with van der Waals surface area (Å²) in [5.41, 5.74) is -1.96. The van der Waals surface area contributed by atoms with Crippen LogP contribution in [0.15, 0.2) is 48.5 Å². The van der Waals surface area contributed by atoms with Crippen molar-refractivity contribution in [2.45, 2.75) is 24.9 Å². The van der Waals surface area contributed by atoms with Crippen molar-refractivity contribution in [1.82, 2.24) is 0 Å². The average molecular weight is 442 g/mol. The number of hydrogen-bond donors (Lipinski definition) is 0. The van der Waals surface area contributed by atoms with Crippen LogP contribution in [0.2, 0.25) is 0 Å². The van der Waals surface area contributed by atoms with Crippen LogP contribution in [0.5, 0.6) is 5.75 Å². The third-order valence-electron chi connectivity index (χ3n) is 3.70. The molecule has 0 heterocycles. The SMILES string of the molecule is CS(=O)(=O)OCCC(Oc1cccc(C(F)(F)F)c1)c1cccc(C(F)(F)F)c1. The largest absolute Gasteiger partial charge is 0.486 e. The molecule has 0 amide bonds. The second-order valence-electron chi connectivity index (χ2n) is 6.07. The molecule has 1 unspecified atom stereocenters. The van der Waals surface area contributed by atoms with Crippen LogP contribution in [-0.4, -0.2) is 21.3 Å². The van der Waals surface area contributed by atoms with Crippen molar-refractivity contribution in [3.63, 3.8) is 0 Å². The predicted octanol–water partition coefficient (Wildman–Crippen LogP) is 5.21. The summed E-state index contributed by atoms with van der Waals surface area (Å²) in [7, 11) is -3.82. The fraction of sp³-hybridized carbons (Fsp3) is 0.333. The van der Waals surface area contributed by atoms with Gasteiger partial charge in [0.2, 0.25) is 0 Å². The second kappa shape index (κ2) is 8.62. The molecule has 0 saturated heterocycles. The first-order chi connectivity index (χ1) is 13.3. The number of rotatable bonds is 7. The van der Waals surface area contributed by atoms with Gasteiger partial charge in [0.1, 0.15) is 11.9 Å². The summed E-state index contributed by atoms with van der Waals surface area (Å²) in [6, 6.07) is 7.88. The molecule has 0 bridgehead atoms. The molecule has 0 radical (unpaired) electrons. The molecule has 0 fully saturated rings. The van der Waals surface area contributed by atoms with Gasteiger partial charge in [-0.1, -0.05) is 18.2 Å². The normalized spacial score (nSPS) is 13.9. The van der Waals surface area contributed by atoms with E-state index in [-0.39, 0.29) is 17.7 Å². The average Bonchev–Trinajstić information content (AvgIpc) is 2.59. The maximum absolute atomic E-state index is 13.0. The van der Waals surface area contributed by atoms with Crippen molar-refractivity contribution < 1.29 is 43.7 Å². The van der Waals surface area contributed by atoms with Gasteiger partial charge in [0.15, 0.2) is 0 Å². The molecular formula is C18H16F6O4S. The van der Waals surface area contributed by atoms with Crippen LogP contribution in [0.25, 0.3) is 0 Å². The molecule has 160 valence electrons. The van der Waals surface area contributed by atoms with Crippen LogP contribution in [0, 0.1) is 0 Å². The van der Waals surface area contributed by atoms with Crippen molar-refractivity contribution >= 4 is 10.1 Å². The molecule has 0 aromatic heterocycles. The molecule has 1 atom stereocenters. The molecule has 0 N–H and O–H groups in total. The summed E-state index contributed by atoms with van der Waals surface area (Å²) in [6.45, 7) is -0.432. The van der Waals surface area contributed by atoms with Gasteiger partial charge in [-0.15, -0.1) is 0 Å². The summed E-state index contributed by atoms with van der Waals surface area (Å²) in [6.07, 6.45) is -9.88. The highest BCUT2D eigenvalue weighted by molar-refractivity contribution is 7.85. The lowest BCUT2D eigenvalue weighted by Gasteiger charge is -2.21. The van der Waals surface area contributed by atoms with Crippen LogP contribution in [0.3, 0.4) is 0 Å². The molecule has 4 nitrogen and oxygen atoms in total. The van der Waals surface area contributed by atoms with Crippen molar-refractivity contribution in [3.05, 3.63) is 65.2 Å². The van der Waals surface area contributed by atoms with Gasteiger partial charge >= 0.3 is 12.4 Å². The molecule has 0 spiro atoms. The Kier molecular flexibility index (Phi) is 6.84. The first-order valence-electron chi connectivity index (χ1n) is 8.11. The zero-order valence-electron chi connectivity index (χ0n) is 14.9. The molecule has 0 aliphatic carbocycles. The molecule has 0 aliphatic heterocycles. The Morgan fingerprint density at radius 2 is 1.45 bits per heavy atom. The van der Waals surface area contributed by atoms with Gasteiger partial charge in [0.25, 0.3) is 10.1 Å². The maximum atomic E-state index is 13.0. The predicted molar refractivity (Wildman–Crippen MR) is 91.7 cm³/mol. The highest BCUT2D eigenvalue weighted by atomic mass is 32.2. The molecule has 2 rings (SSSR count). The van der Waals surface area contributed by atoms with E-state index >= 15 is 0 Å². The minimum absolute atomic E-state index is 0.00865. The van der Waals surface area contributed by atoms with Crippen molar-refractivity contribution in [3.8, 4) is 5.75 Å². The van der Waals surface area contributed by atoms with E-state index in [0.29, 0.717) is 6.07 Å². The van der Waals surface area contributed by atoms with Gasteiger partial charge in [-0.3, -0.25) is 4.18 Å². The first-order valence-corrected chi connectivity index (χ1v) is 9.93. The van der Waals surface area contributed by atoms with Gasteiger partial charge < -0.3 is 4.74 Å². The Morgan fingerprint density at radius 1 is 0.897 bits per heavy atom.